The zero-order valence-corrected chi connectivity index (χ0v) is 10.9. The summed E-state index contributed by atoms with van der Waals surface area (Å²) < 4.78 is 0. The van der Waals surface area contributed by atoms with Gasteiger partial charge in [-0.05, 0) is 24.1 Å². The van der Waals surface area contributed by atoms with Gasteiger partial charge in [-0.15, -0.1) is 0 Å². The first kappa shape index (κ1) is 14.8. The van der Waals surface area contributed by atoms with Gasteiger partial charge in [-0.2, -0.15) is 0 Å². The molecule has 0 aliphatic heterocycles. The molecule has 1 aromatic rings. The third-order valence-corrected chi connectivity index (χ3v) is 2.79. The number of amides is 2. The molecule has 19 heavy (non-hydrogen) atoms. The Bertz CT molecular complexity index is 474. The van der Waals surface area contributed by atoms with E-state index in [2.05, 4.69) is 10.6 Å². The number of phenolic OH excluding ortho intramolecular Hbond substituents is 1. The van der Waals surface area contributed by atoms with Crippen LogP contribution in [-0.4, -0.2) is 28.8 Å². The number of nitrogens with one attached hydrogen (secondary N) is 2. The van der Waals surface area contributed by atoms with E-state index in [4.69, 9.17) is 5.11 Å². The Morgan fingerprint density at radius 3 is 2.63 bits per heavy atom. The molecule has 0 saturated heterocycles. The number of carboxylic acids is 1. The van der Waals surface area contributed by atoms with Crippen LogP contribution in [0.4, 0.5) is 10.5 Å². The van der Waals surface area contributed by atoms with Crippen molar-refractivity contribution in [1.82, 2.24) is 5.32 Å². The Morgan fingerprint density at radius 1 is 1.37 bits per heavy atom. The molecule has 0 heterocycles. The molecule has 1 aromatic carbocycles. The summed E-state index contributed by atoms with van der Waals surface area (Å²) in [7, 11) is 0. The zero-order valence-electron chi connectivity index (χ0n) is 10.9. The summed E-state index contributed by atoms with van der Waals surface area (Å²) in [5.41, 5.74) is -0.00867. The van der Waals surface area contributed by atoms with Crippen LogP contribution < -0.4 is 10.6 Å². The van der Waals surface area contributed by atoms with Gasteiger partial charge in [-0.25, -0.2) is 9.59 Å². The molecule has 1 unspecified atom stereocenters. The van der Waals surface area contributed by atoms with Gasteiger partial charge in [0.25, 0.3) is 0 Å². The normalized spacial score (nSPS) is 11.7. The summed E-state index contributed by atoms with van der Waals surface area (Å²) in [6.07, 6.45) is 0.944. The second-order valence-electron chi connectivity index (χ2n) is 4.38. The van der Waals surface area contributed by atoms with Crippen molar-refractivity contribution in [2.45, 2.75) is 20.3 Å². The summed E-state index contributed by atoms with van der Waals surface area (Å²) in [6, 6.07) is 3.29. The van der Waals surface area contributed by atoms with Gasteiger partial charge >= 0.3 is 12.0 Å². The van der Waals surface area contributed by atoms with Crippen LogP contribution in [0.2, 0.25) is 0 Å². The number of benzene rings is 1. The highest BCUT2D eigenvalue weighted by molar-refractivity contribution is 6.00. The first-order chi connectivity index (χ1) is 8.93. The number of rotatable bonds is 5. The molecule has 0 fully saturated rings. The second kappa shape index (κ2) is 6.63. The van der Waals surface area contributed by atoms with E-state index in [9.17, 15) is 14.7 Å². The van der Waals surface area contributed by atoms with E-state index in [1.54, 1.807) is 0 Å². The molecule has 6 nitrogen and oxygen atoms in total. The number of hydrogen-bond donors (Lipinski definition) is 4. The van der Waals surface area contributed by atoms with E-state index in [0.717, 1.165) is 12.5 Å². The summed E-state index contributed by atoms with van der Waals surface area (Å²) in [5.74, 6) is -1.03. The minimum absolute atomic E-state index is 0.145. The quantitative estimate of drug-likeness (QED) is 0.614. The van der Waals surface area contributed by atoms with Crippen LogP contribution in [0.1, 0.15) is 30.6 Å². The highest BCUT2D eigenvalue weighted by atomic mass is 16.4. The fourth-order valence-electron chi connectivity index (χ4n) is 1.40. The third kappa shape index (κ3) is 4.50. The standard InChI is InChI=1S/C13H18N2O4/c1-3-8(2)7-14-13(19)15-11-5-4-9(16)6-10(11)12(17)18/h4-6,8,16H,3,7H2,1-2H3,(H,17,18)(H2,14,15,19). The largest absolute Gasteiger partial charge is 0.508 e. The molecule has 2 amide bonds. The molecule has 1 atom stereocenters. The van der Waals surface area contributed by atoms with E-state index in [-0.39, 0.29) is 17.0 Å². The molecule has 104 valence electrons. The smallest absolute Gasteiger partial charge is 0.337 e. The maximum atomic E-state index is 11.6. The Balaban J connectivity index is 2.71. The maximum absolute atomic E-state index is 11.6. The van der Waals surface area contributed by atoms with Crippen molar-refractivity contribution in [3.8, 4) is 5.75 Å². The van der Waals surface area contributed by atoms with Crippen molar-refractivity contribution in [3.05, 3.63) is 23.8 Å². The molecule has 4 N–H and O–H groups in total. The van der Waals surface area contributed by atoms with Crippen LogP contribution in [-0.2, 0) is 0 Å². The maximum Gasteiger partial charge on any atom is 0.337 e. The number of urea groups is 1. The fourth-order valence-corrected chi connectivity index (χ4v) is 1.40. The van der Waals surface area contributed by atoms with Crippen LogP contribution in [0.3, 0.4) is 0 Å². The first-order valence-corrected chi connectivity index (χ1v) is 6.05. The monoisotopic (exact) mass is 266 g/mol. The van der Waals surface area contributed by atoms with Gasteiger partial charge in [-0.1, -0.05) is 20.3 Å². The number of aromatic hydroxyl groups is 1. The number of carbonyl (C=O) groups excluding carboxylic acids is 1. The van der Waals surface area contributed by atoms with Crippen molar-refractivity contribution in [3.63, 3.8) is 0 Å². The van der Waals surface area contributed by atoms with Crippen LogP contribution in [0, 0.1) is 5.92 Å². The summed E-state index contributed by atoms with van der Waals surface area (Å²) in [5, 5.41) is 23.3. The lowest BCUT2D eigenvalue weighted by molar-refractivity contribution is 0.0697. The minimum Gasteiger partial charge on any atom is -0.508 e. The lowest BCUT2D eigenvalue weighted by atomic mass is 10.1. The van der Waals surface area contributed by atoms with Crippen molar-refractivity contribution in [2.75, 3.05) is 11.9 Å². The molecule has 0 aromatic heterocycles. The Kier molecular flexibility index (Phi) is 5.17. The second-order valence-corrected chi connectivity index (χ2v) is 4.38. The van der Waals surface area contributed by atoms with E-state index in [0.29, 0.717) is 12.5 Å². The van der Waals surface area contributed by atoms with Gasteiger partial charge in [0.05, 0.1) is 11.3 Å². The van der Waals surface area contributed by atoms with Gasteiger partial charge in [0, 0.05) is 6.54 Å². The van der Waals surface area contributed by atoms with E-state index in [1.165, 1.54) is 12.1 Å². The van der Waals surface area contributed by atoms with Crippen LogP contribution in [0.25, 0.3) is 0 Å². The minimum atomic E-state index is -1.21. The van der Waals surface area contributed by atoms with Gasteiger partial charge in [0.2, 0.25) is 0 Å². The molecule has 0 spiro atoms. The molecular weight excluding hydrogens is 248 g/mol. The number of carboxylic acid groups (broad SMARTS) is 1. The van der Waals surface area contributed by atoms with Crippen molar-refractivity contribution in [1.29, 1.82) is 0 Å². The van der Waals surface area contributed by atoms with Gasteiger partial charge in [-0.3, -0.25) is 0 Å². The summed E-state index contributed by atoms with van der Waals surface area (Å²) in [4.78, 5) is 22.6. The van der Waals surface area contributed by atoms with Crippen LogP contribution in [0.5, 0.6) is 5.75 Å². The Hall–Kier alpha value is -2.24. The number of carbonyl (C=O) groups is 2. The zero-order chi connectivity index (χ0) is 14.4. The predicted octanol–water partition coefficient (Wildman–Crippen LogP) is 2.26. The van der Waals surface area contributed by atoms with Crippen molar-refractivity contribution >= 4 is 17.7 Å². The molecule has 1 rings (SSSR count). The predicted molar refractivity (Wildman–Crippen MR) is 71.5 cm³/mol. The Labute approximate surface area is 111 Å². The van der Waals surface area contributed by atoms with Gasteiger partial charge in [0.1, 0.15) is 5.75 Å². The van der Waals surface area contributed by atoms with Crippen molar-refractivity contribution < 1.29 is 19.8 Å². The third-order valence-electron chi connectivity index (χ3n) is 2.79. The molecule has 0 radical (unpaired) electrons. The number of aromatic carboxylic acids is 1. The number of phenols is 1. The molecular formula is C13H18N2O4. The van der Waals surface area contributed by atoms with Gasteiger partial charge in [0.15, 0.2) is 0 Å². The van der Waals surface area contributed by atoms with E-state index >= 15 is 0 Å². The Morgan fingerprint density at radius 2 is 2.05 bits per heavy atom. The number of anilines is 1. The SMILES string of the molecule is CCC(C)CNC(=O)Nc1ccc(O)cc1C(=O)O. The molecule has 6 heteroatoms. The van der Waals surface area contributed by atoms with Crippen LogP contribution in [0.15, 0.2) is 18.2 Å². The average Bonchev–Trinajstić information content (AvgIpc) is 2.37. The van der Waals surface area contributed by atoms with E-state index < -0.39 is 12.0 Å². The van der Waals surface area contributed by atoms with Gasteiger partial charge < -0.3 is 20.8 Å². The summed E-state index contributed by atoms with van der Waals surface area (Å²) >= 11 is 0. The highest BCUT2D eigenvalue weighted by Gasteiger charge is 2.13. The van der Waals surface area contributed by atoms with E-state index in [1.807, 2.05) is 13.8 Å². The first-order valence-electron chi connectivity index (χ1n) is 6.05. The summed E-state index contributed by atoms with van der Waals surface area (Å²) in [6.45, 7) is 4.54. The lowest BCUT2D eigenvalue weighted by Gasteiger charge is -2.12. The van der Waals surface area contributed by atoms with Crippen molar-refractivity contribution in [2.24, 2.45) is 5.92 Å². The fraction of sp³-hybridized carbons (Fsp3) is 0.385. The molecule has 0 bridgehead atoms. The molecule has 0 saturated carbocycles. The topological polar surface area (TPSA) is 98.7 Å². The van der Waals surface area contributed by atoms with Crippen LogP contribution >= 0.6 is 0 Å². The average molecular weight is 266 g/mol. The molecule has 0 aliphatic rings. The number of hydrogen-bond acceptors (Lipinski definition) is 3. The lowest BCUT2D eigenvalue weighted by Crippen LogP contribution is -2.32. The highest BCUT2D eigenvalue weighted by Crippen LogP contribution is 2.21. The molecule has 0 aliphatic carbocycles.